The summed E-state index contributed by atoms with van der Waals surface area (Å²) in [7, 11) is 0. The first-order chi connectivity index (χ1) is 8.66. The van der Waals surface area contributed by atoms with E-state index >= 15 is 0 Å². The van der Waals surface area contributed by atoms with Crippen LogP contribution in [0.4, 0.5) is 0 Å². The number of hydrogen-bond donors (Lipinski definition) is 2. The summed E-state index contributed by atoms with van der Waals surface area (Å²) in [6.45, 7) is 0. The van der Waals surface area contributed by atoms with Crippen molar-refractivity contribution in [3.05, 3.63) is 0 Å². The molecule has 2 rings (SSSR count). The summed E-state index contributed by atoms with van der Waals surface area (Å²) in [6.07, 6.45) is 8.75. The van der Waals surface area contributed by atoms with Gasteiger partial charge in [0, 0.05) is 12.0 Å². The lowest BCUT2D eigenvalue weighted by atomic mass is 9.84. The van der Waals surface area contributed by atoms with Gasteiger partial charge in [-0.3, -0.25) is 9.59 Å². The second-order valence-electron chi connectivity index (χ2n) is 5.74. The van der Waals surface area contributed by atoms with E-state index in [1.165, 1.54) is 6.42 Å². The van der Waals surface area contributed by atoms with E-state index in [0.717, 1.165) is 44.9 Å². The Morgan fingerprint density at radius 1 is 0.889 bits per heavy atom. The van der Waals surface area contributed by atoms with Gasteiger partial charge in [0.05, 0.1) is 5.92 Å². The van der Waals surface area contributed by atoms with E-state index in [0.29, 0.717) is 6.42 Å². The molecule has 4 heteroatoms. The summed E-state index contributed by atoms with van der Waals surface area (Å²) in [5.41, 5.74) is 0. The fourth-order valence-electron chi connectivity index (χ4n) is 3.23. The Bertz CT molecular complexity index is 310. The Morgan fingerprint density at radius 3 is 2.22 bits per heavy atom. The van der Waals surface area contributed by atoms with Gasteiger partial charge in [0.15, 0.2) is 0 Å². The number of aliphatic carboxylic acids is 1. The Hall–Kier alpha value is -1.06. The first-order valence-electron chi connectivity index (χ1n) is 7.20. The van der Waals surface area contributed by atoms with Crippen LogP contribution in [0.5, 0.6) is 0 Å². The molecule has 18 heavy (non-hydrogen) atoms. The monoisotopic (exact) mass is 253 g/mol. The van der Waals surface area contributed by atoms with Gasteiger partial charge in [-0.15, -0.1) is 0 Å². The summed E-state index contributed by atoms with van der Waals surface area (Å²) in [5, 5.41) is 12.1. The molecule has 1 amide bonds. The minimum Gasteiger partial charge on any atom is -0.481 e. The smallest absolute Gasteiger partial charge is 0.306 e. The maximum absolute atomic E-state index is 12.1. The van der Waals surface area contributed by atoms with Gasteiger partial charge in [-0.05, 0) is 32.1 Å². The largest absolute Gasteiger partial charge is 0.481 e. The van der Waals surface area contributed by atoms with Crippen LogP contribution in [0.25, 0.3) is 0 Å². The summed E-state index contributed by atoms with van der Waals surface area (Å²) < 4.78 is 0. The molecule has 2 N–H and O–H groups in total. The molecule has 2 fully saturated rings. The molecule has 4 nitrogen and oxygen atoms in total. The van der Waals surface area contributed by atoms with Crippen molar-refractivity contribution in [1.82, 2.24) is 5.32 Å². The highest BCUT2D eigenvalue weighted by Crippen LogP contribution is 2.27. The molecule has 2 aliphatic carbocycles. The van der Waals surface area contributed by atoms with Gasteiger partial charge in [0.1, 0.15) is 0 Å². The number of carbonyl (C=O) groups excluding carboxylic acids is 1. The fourth-order valence-corrected chi connectivity index (χ4v) is 3.23. The SMILES string of the molecule is O=C(N[C@@H]1CCC[C@@H](C(=O)O)C1)C1CCCCC1. The fraction of sp³-hybridized carbons (Fsp3) is 0.857. The number of amides is 1. The number of carboxylic acids is 1. The molecule has 0 unspecified atom stereocenters. The summed E-state index contributed by atoms with van der Waals surface area (Å²) >= 11 is 0. The van der Waals surface area contributed by atoms with Crippen LogP contribution in [0, 0.1) is 11.8 Å². The van der Waals surface area contributed by atoms with Gasteiger partial charge in [-0.2, -0.15) is 0 Å². The molecule has 102 valence electrons. The molecule has 2 atom stereocenters. The molecule has 0 aromatic rings. The van der Waals surface area contributed by atoms with Crippen LogP contribution >= 0.6 is 0 Å². The third-order valence-corrected chi connectivity index (χ3v) is 4.35. The highest BCUT2D eigenvalue weighted by molar-refractivity contribution is 5.79. The van der Waals surface area contributed by atoms with Crippen LogP contribution in [-0.2, 0) is 9.59 Å². The van der Waals surface area contributed by atoms with Crippen LogP contribution in [-0.4, -0.2) is 23.0 Å². The van der Waals surface area contributed by atoms with Gasteiger partial charge in [0.25, 0.3) is 0 Å². The lowest BCUT2D eigenvalue weighted by molar-refractivity contribution is -0.143. The van der Waals surface area contributed by atoms with Gasteiger partial charge in [-0.25, -0.2) is 0 Å². The maximum Gasteiger partial charge on any atom is 0.306 e. The van der Waals surface area contributed by atoms with E-state index in [-0.39, 0.29) is 23.8 Å². The Kier molecular flexibility index (Phi) is 4.61. The Morgan fingerprint density at radius 2 is 1.56 bits per heavy atom. The Balaban J connectivity index is 1.81. The highest BCUT2D eigenvalue weighted by Gasteiger charge is 2.29. The molecule has 0 radical (unpaired) electrons. The standard InChI is InChI=1S/C14H23NO3/c16-13(10-5-2-1-3-6-10)15-12-8-4-7-11(9-12)14(17)18/h10-12H,1-9H2,(H,15,16)(H,17,18)/t11-,12-/m1/s1. The predicted octanol–water partition coefficient (Wildman–Crippen LogP) is 2.33. The topological polar surface area (TPSA) is 66.4 Å². The van der Waals surface area contributed by atoms with E-state index in [4.69, 9.17) is 5.11 Å². The lowest BCUT2D eigenvalue weighted by Gasteiger charge is -2.29. The minimum atomic E-state index is -0.716. The van der Waals surface area contributed by atoms with E-state index in [1.54, 1.807) is 0 Å². The quantitative estimate of drug-likeness (QED) is 0.811. The molecule has 2 saturated carbocycles. The van der Waals surface area contributed by atoms with Gasteiger partial charge in [0.2, 0.25) is 5.91 Å². The molecular formula is C14H23NO3. The normalized spacial score (nSPS) is 29.8. The van der Waals surface area contributed by atoms with Crippen LogP contribution in [0.2, 0.25) is 0 Å². The number of hydrogen-bond acceptors (Lipinski definition) is 2. The highest BCUT2D eigenvalue weighted by atomic mass is 16.4. The first kappa shape index (κ1) is 13.4. The number of carboxylic acid groups (broad SMARTS) is 1. The van der Waals surface area contributed by atoms with Crippen molar-refractivity contribution in [1.29, 1.82) is 0 Å². The Labute approximate surface area is 108 Å². The summed E-state index contributed by atoms with van der Waals surface area (Å²) in [4.78, 5) is 23.1. The molecule has 0 bridgehead atoms. The summed E-state index contributed by atoms with van der Waals surface area (Å²) in [5.74, 6) is -0.656. The van der Waals surface area contributed by atoms with E-state index in [1.807, 2.05) is 0 Å². The van der Waals surface area contributed by atoms with Crippen LogP contribution in [0.15, 0.2) is 0 Å². The average Bonchev–Trinajstić information content (AvgIpc) is 2.40. The molecule has 0 aliphatic heterocycles. The molecule has 0 aromatic heterocycles. The van der Waals surface area contributed by atoms with E-state index < -0.39 is 5.97 Å². The van der Waals surface area contributed by atoms with E-state index in [9.17, 15) is 9.59 Å². The van der Waals surface area contributed by atoms with Crippen molar-refractivity contribution in [2.24, 2.45) is 11.8 Å². The molecule has 0 aromatic carbocycles. The predicted molar refractivity (Wildman–Crippen MR) is 68.1 cm³/mol. The zero-order valence-corrected chi connectivity index (χ0v) is 10.9. The zero-order chi connectivity index (χ0) is 13.0. The van der Waals surface area contributed by atoms with Crippen molar-refractivity contribution in [2.45, 2.75) is 63.8 Å². The lowest BCUT2D eigenvalue weighted by Crippen LogP contribution is -2.43. The molecule has 0 saturated heterocycles. The van der Waals surface area contributed by atoms with Crippen molar-refractivity contribution in [3.63, 3.8) is 0 Å². The third kappa shape index (κ3) is 3.47. The molecule has 0 spiro atoms. The van der Waals surface area contributed by atoms with Crippen LogP contribution < -0.4 is 5.32 Å². The first-order valence-corrected chi connectivity index (χ1v) is 7.20. The van der Waals surface area contributed by atoms with Crippen LogP contribution in [0.1, 0.15) is 57.8 Å². The van der Waals surface area contributed by atoms with Crippen molar-refractivity contribution < 1.29 is 14.7 Å². The number of nitrogens with one attached hydrogen (secondary N) is 1. The van der Waals surface area contributed by atoms with Gasteiger partial charge >= 0.3 is 5.97 Å². The van der Waals surface area contributed by atoms with Crippen molar-refractivity contribution in [2.75, 3.05) is 0 Å². The number of rotatable bonds is 3. The number of carbonyl (C=O) groups is 2. The van der Waals surface area contributed by atoms with Gasteiger partial charge < -0.3 is 10.4 Å². The van der Waals surface area contributed by atoms with Gasteiger partial charge in [-0.1, -0.05) is 25.7 Å². The average molecular weight is 253 g/mol. The summed E-state index contributed by atoms with van der Waals surface area (Å²) in [6, 6.07) is 0.0780. The van der Waals surface area contributed by atoms with Crippen molar-refractivity contribution >= 4 is 11.9 Å². The molecular weight excluding hydrogens is 230 g/mol. The zero-order valence-electron chi connectivity index (χ0n) is 10.9. The molecule has 0 heterocycles. The molecule has 2 aliphatic rings. The third-order valence-electron chi connectivity index (χ3n) is 4.35. The van der Waals surface area contributed by atoms with E-state index in [2.05, 4.69) is 5.32 Å². The van der Waals surface area contributed by atoms with Crippen LogP contribution in [0.3, 0.4) is 0 Å². The second kappa shape index (κ2) is 6.21. The van der Waals surface area contributed by atoms with Crippen molar-refractivity contribution in [3.8, 4) is 0 Å². The maximum atomic E-state index is 12.1. The minimum absolute atomic E-state index is 0.0780. The second-order valence-corrected chi connectivity index (χ2v) is 5.74.